The Hall–Kier alpha value is -2.55. The van der Waals surface area contributed by atoms with Crippen molar-refractivity contribution in [1.82, 2.24) is 0 Å². The maximum absolute atomic E-state index is 12.3. The van der Waals surface area contributed by atoms with Crippen LogP contribution in [0.4, 0.5) is 0 Å². The Morgan fingerprint density at radius 2 is 2.00 bits per heavy atom. The third-order valence-corrected chi connectivity index (χ3v) is 5.57. The van der Waals surface area contributed by atoms with Crippen LogP contribution in [-0.4, -0.2) is 11.1 Å². The molecule has 1 atom stereocenters. The van der Waals surface area contributed by atoms with E-state index in [2.05, 4.69) is 26.5 Å². The molecule has 0 saturated carbocycles. The van der Waals surface area contributed by atoms with Gasteiger partial charge in [0.15, 0.2) is 0 Å². The molecule has 1 aliphatic carbocycles. The van der Waals surface area contributed by atoms with E-state index < -0.39 is 5.97 Å². The number of benzene rings is 2. The molecule has 0 aliphatic heterocycles. The van der Waals surface area contributed by atoms with Gasteiger partial charge in [-0.25, -0.2) is 4.79 Å². The van der Waals surface area contributed by atoms with Gasteiger partial charge < -0.3 is 9.84 Å². The van der Waals surface area contributed by atoms with Gasteiger partial charge in [0.2, 0.25) is 0 Å². The zero-order valence-electron chi connectivity index (χ0n) is 17.4. The summed E-state index contributed by atoms with van der Waals surface area (Å²) < 4.78 is 5.81. The van der Waals surface area contributed by atoms with Crippen molar-refractivity contribution in [2.24, 2.45) is 5.92 Å². The fraction of sp³-hybridized carbons (Fsp3) is 0.400. The van der Waals surface area contributed by atoms with E-state index in [1.54, 1.807) is 6.92 Å². The molecule has 3 rings (SSSR count). The first kappa shape index (κ1) is 20.2. The number of aryl methyl sites for hydroxylation is 1. The summed E-state index contributed by atoms with van der Waals surface area (Å²) in [6, 6.07) is 5.89. The minimum absolute atomic E-state index is 0.339. The van der Waals surface area contributed by atoms with Gasteiger partial charge in [0.1, 0.15) is 11.5 Å². The molecule has 0 bridgehead atoms. The lowest BCUT2D eigenvalue weighted by Gasteiger charge is -2.28. The van der Waals surface area contributed by atoms with Gasteiger partial charge in [-0.05, 0) is 71.8 Å². The van der Waals surface area contributed by atoms with Gasteiger partial charge in [0, 0.05) is 27.5 Å². The molecular formula is C25H30O3. The lowest BCUT2D eigenvalue weighted by Crippen LogP contribution is -2.18. The highest BCUT2D eigenvalue weighted by Crippen LogP contribution is 2.45. The molecule has 1 N–H and O–H groups in total. The van der Waals surface area contributed by atoms with E-state index in [1.165, 1.54) is 5.57 Å². The molecule has 0 aromatic heterocycles. The first-order valence-electron chi connectivity index (χ1n) is 10.1. The second kappa shape index (κ2) is 8.22. The average molecular weight is 379 g/mol. The maximum Gasteiger partial charge on any atom is 0.338 e. The van der Waals surface area contributed by atoms with E-state index in [0.717, 1.165) is 59.6 Å². The molecule has 1 aliphatic rings. The fourth-order valence-corrected chi connectivity index (χ4v) is 4.03. The van der Waals surface area contributed by atoms with Gasteiger partial charge in [-0.3, -0.25) is 0 Å². The van der Waals surface area contributed by atoms with Gasteiger partial charge in [-0.2, -0.15) is 0 Å². The third-order valence-electron chi connectivity index (χ3n) is 5.57. The van der Waals surface area contributed by atoms with Crippen LogP contribution in [0.25, 0.3) is 10.8 Å². The molecule has 1 unspecified atom stereocenters. The highest BCUT2D eigenvalue weighted by atomic mass is 16.5. The van der Waals surface area contributed by atoms with Crippen LogP contribution in [0.5, 0.6) is 11.5 Å². The zero-order chi connectivity index (χ0) is 20.4. The summed E-state index contributed by atoms with van der Waals surface area (Å²) >= 11 is 0. The van der Waals surface area contributed by atoms with Crippen molar-refractivity contribution in [2.45, 2.75) is 59.8 Å². The van der Waals surface area contributed by atoms with Crippen molar-refractivity contribution in [3.8, 4) is 11.5 Å². The Morgan fingerprint density at radius 3 is 2.68 bits per heavy atom. The second-order valence-electron chi connectivity index (χ2n) is 8.32. The highest BCUT2D eigenvalue weighted by molar-refractivity contribution is 5.99. The van der Waals surface area contributed by atoms with Crippen LogP contribution < -0.4 is 4.74 Å². The SMILES string of the molecule is C=C(C)C(=O)Oc1c2c(c(O)c3cc(C)ccc13)CCC(CCC=C(C)C)C2. The summed E-state index contributed by atoms with van der Waals surface area (Å²) in [6.07, 6.45) is 7.11. The molecule has 28 heavy (non-hydrogen) atoms. The highest BCUT2D eigenvalue weighted by Gasteiger charge is 2.28. The van der Waals surface area contributed by atoms with Crippen molar-refractivity contribution in [2.75, 3.05) is 0 Å². The smallest absolute Gasteiger partial charge is 0.338 e. The summed E-state index contributed by atoms with van der Waals surface area (Å²) in [5.74, 6) is 1.04. The number of ether oxygens (including phenoxy) is 1. The minimum atomic E-state index is -0.415. The van der Waals surface area contributed by atoms with Crippen LogP contribution in [-0.2, 0) is 17.6 Å². The Bertz CT molecular complexity index is 962. The first-order chi connectivity index (χ1) is 13.3. The second-order valence-corrected chi connectivity index (χ2v) is 8.32. The van der Waals surface area contributed by atoms with Crippen LogP contribution in [0.2, 0.25) is 0 Å². The summed E-state index contributed by atoms with van der Waals surface area (Å²) in [6.45, 7) is 11.6. The molecule has 3 nitrogen and oxygen atoms in total. The van der Waals surface area contributed by atoms with Crippen molar-refractivity contribution in [3.05, 3.63) is 58.7 Å². The standard InChI is InChI=1S/C25H30O3/c1-15(2)7-6-8-18-10-12-19-22(14-18)24(28-25(27)16(3)4)20-11-9-17(5)13-21(20)23(19)26/h7,9,11,13,18,26H,3,6,8,10,12,14H2,1-2,4-5H3. The number of hydrogen-bond acceptors (Lipinski definition) is 3. The summed E-state index contributed by atoms with van der Waals surface area (Å²) in [4.78, 5) is 12.3. The van der Waals surface area contributed by atoms with Crippen LogP contribution in [0.3, 0.4) is 0 Å². The van der Waals surface area contributed by atoms with E-state index in [-0.39, 0.29) is 0 Å². The zero-order valence-corrected chi connectivity index (χ0v) is 17.4. The van der Waals surface area contributed by atoms with Gasteiger partial charge >= 0.3 is 5.97 Å². The number of fused-ring (bicyclic) bond motifs is 2. The fourth-order valence-electron chi connectivity index (χ4n) is 4.03. The van der Waals surface area contributed by atoms with Crippen molar-refractivity contribution in [1.29, 1.82) is 0 Å². The van der Waals surface area contributed by atoms with Crippen LogP contribution in [0, 0.1) is 12.8 Å². The van der Waals surface area contributed by atoms with E-state index in [9.17, 15) is 9.90 Å². The van der Waals surface area contributed by atoms with Crippen LogP contribution >= 0.6 is 0 Å². The van der Waals surface area contributed by atoms with Crippen LogP contribution in [0.1, 0.15) is 56.7 Å². The van der Waals surface area contributed by atoms with Gasteiger partial charge in [0.25, 0.3) is 0 Å². The molecule has 148 valence electrons. The molecule has 0 spiro atoms. The van der Waals surface area contributed by atoms with E-state index in [1.807, 2.05) is 25.1 Å². The average Bonchev–Trinajstić information content (AvgIpc) is 2.64. The normalized spacial score (nSPS) is 15.8. The van der Waals surface area contributed by atoms with Gasteiger partial charge in [-0.15, -0.1) is 0 Å². The van der Waals surface area contributed by atoms with Crippen molar-refractivity contribution < 1.29 is 14.6 Å². The Labute approximate surface area is 167 Å². The monoisotopic (exact) mass is 378 g/mol. The molecule has 0 heterocycles. The Balaban J connectivity index is 2.07. The number of phenols is 1. The molecular weight excluding hydrogens is 348 g/mol. The molecule has 0 amide bonds. The topological polar surface area (TPSA) is 46.5 Å². The number of rotatable bonds is 5. The van der Waals surface area contributed by atoms with E-state index in [4.69, 9.17) is 4.74 Å². The summed E-state index contributed by atoms with van der Waals surface area (Å²) in [5.41, 5.74) is 4.69. The molecule has 0 saturated heterocycles. The summed E-state index contributed by atoms with van der Waals surface area (Å²) in [5, 5.41) is 12.5. The van der Waals surface area contributed by atoms with E-state index in [0.29, 0.717) is 23.0 Å². The van der Waals surface area contributed by atoms with E-state index >= 15 is 0 Å². The number of carbonyl (C=O) groups excluding carboxylic acids is 1. The Kier molecular flexibility index (Phi) is 5.93. The Morgan fingerprint density at radius 1 is 1.25 bits per heavy atom. The third kappa shape index (κ3) is 4.14. The molecule has 3 heteroatoms. The van der Waals surface area contributed by atoms with Gasteiger partial charge in [0.05, 0.1) is 0 Å². The number of hydrogen-bond donors (Lipinski definition) is 1. The van der Waals surface area contributed by atoms with Gasteiger partial charge in [-0.1, -0.05) is 35.9 Å². The number of carbonyl (C=O) groups is 1. The summed E-state index contributed by atoms with van der Waals surface area (Å²) in [7, 11) is 0. The molecule has 2 aromatic rings. The number of phenolic OH excluding ortho intramolecular Hbond substituents is 1. The quantitative estimate of drug-likeness (QED) is 0.292. The maximum atomic E-state index is 12.3. The predicted octanol–water partition coefficient (Wildman–Crippen LogP) is 6.19. The predicted molar refractivity (Wildman–Crippen MR) is 115 cm³/mol. The van der Waals surface area contributed by atoms with Crippen molar-refractivity contribution >= 4 is 16.7 Å². The number of allylic oxidation sites excluding steroid dienone is 2. The van der Waals surface area contributed by atoms with Crippen LogP contribution in [0.15, 0.2) is 42.0 Å². The molecule has 0 fully saturated rings. The largest absolute Gasteiger partial charge is 0.507 e. The number of aromatic hydroxyl groups is 1. The lowest BCUT2D eigenvalue weighted by molar-refractivity contribution is -0.130. The number of esters is 1. The first-order valence-corrected chi connectivity index (χ1v) is 10.1. The van der Waals surface area contributed by atoms with Crippen molar-refractivity contribution in [3.63, 3.8) is 0 Å². The minimum Gasteiger partial charge on any atom is -0.507 e. The molecule has 0 radical (unpaired) electrons. The lowest BCUT2D eigenvalue weighted by atomic mass is 9.79. The molecule has 2 aromatic carbocycles.